The summed E-state index contributed by atoms with van der Waals surface area (Å²) < 4.78 is 0. The quantitative estimate of drug-likeness (QED) is 0.770. The Morgan fingerprint density at radius 1 is 1.59 bits per heavy atom. The minimum absolute atomic E-state index is 0.0525. The Kier molecular flexibility index (Phi) is 4.50. The van der Waals surface area contributed by atoms with Crippen molar-refractivity contribution in [1.29, 1.82) is 0 Å². The average molecular weight is 253 g/mol. The molecule has 1 aromatic heterocycles. The number of hydrogen-bond acceptors (Lipinski definition) is 4. The Morgan fingerprint density at radius 3 is 3.06 bits per heavy atom. The Labute approximate surface area is 106 Å². The first-order valence-electron chi connectivity index (χ1n) is 6.18. The minimum atomic E-state index is 0.0525. The molecular weight excluding hydrogens is 234 g/mol. The summed E-state index contributed by atoms with van der Waals surface area (Å²) in [6.07, 6.45) is 3.59. The molecule has 17 heavy (non-hydrogen) atoms. The van der Waals surface area contributed by atoms with E-state index in [0.717, 1.165) is 29.6 Å². The van der Waals surface area contributed by atoms with Gasteiger partial charge in [-0.25, -0.2) is 4.98 Å². The molecule has 1 aliphatic carbocycles. The molecule has 0 unspecified atom stereocenters. The van der Waals surface area contributed by atoms with Gasteiger partial charge in [-0.05, 0) is 31.7 Å². The van der Waals surface area contributed by atoms with E-state index >= 15 is 0 Å². The third kappa shape index (κ3) is 4.44. The van der Waals surface area contributed by atoms with Gasteiger partial charge in [0.2, 0.25) is 5.91 Å². The monoisotopic (exact) mass is 253 g/mol. The number of thiazole rings is 1. The van der Waals surface area contributed by atoms with Crippen LogP contribution in [0.5, 0.6) is 0 Å². The summed E-state index contributed by atoms with van der Waals surface area (Å²) in [6, 6.07) is 0. The topological polar surface area (TPSA) is 54.0 Å². The molecule has 1 amide bonds. The van der Waals surface area contributed by atoms with Gasteiger partial charge in [-0.1, -0.05) is 6.92 Å². The molecule has 1 heterocycles. The van der Waals surface area contributed by atoms with Crippen LogP contribution in [0.3, 0.4) is 0 Å². The zero-order valence-electron chi connectivity index (χ0n) is 10.2. The SMILES string of the molecule is CCc1nc(CNC(=O)CNCC2CC2)cs1. The highest BCUT2D eigenvalue weighted by Gasteiger charge is 2.20. The van der Waals surface area contributed by atoms with E-state index in [0.29, 0.717) is 13.1 Å². The van der Waals surface area contributed by atoms with Gasteiger partial charge in [0.25, 0.3) is 0 Å². The number of carbonyl (C=O) groups excluding carboxylic acids is 1. The molecule has 94 valence electrons. The molecule has 1 fully saturated rings. The van der Waals surface area contributed by atoms with E-state index in [9.17, 15) is 4.79 Å². The molecule has 5 heteroatoms. The van der Waals surface area contributed by atoms with E-state index in [1.54, 1.807) is 11.3 Å². The normalized spacial score (nSPS) is 14.9. The number of rotatable bonds is 7. The fourth-order valence-electron chi connectivity index (χ4n) is 1.56. The Bertz CT molecular complexity index is 374. The molecule has 0 aliphatic heterocycles. The lowest BCUT2D eigenvalue weighted by atomic mass is 10.4. The van der Waals surface area contributed by atoms with Crippen LogP contribution in [0, 0.1) is 5.92 Å². The highest BCUT2D eigenvalue weighted by atomic mass is 32.1. The van der Waals surface area contributed by atoms with Gasteiger partial charge in [0.05, 0.1) is 23.8 Å². The summed E-state index contributed by atoms with van der Waals surface area (Å²) in [5, 5.41) is 9.18. The fourth-order valence-corrected chi connectivity index (χ4v) is 2.30. The second-order valence-electron chi connectivity index (χ2n) is 4.44. The lowest BCUT2D eigenvalue weighted by molar-refractivity contribution is -0.120. The highest BCUT2D eigenvalue weighted by molar-refractivity contribution is 7.09. The number of aryl methyl sites for hydroxylation is 1. The summed E-state index contributed by atoms with van der Waals surface area (Å²) in [7, 11) is 0. The molecule has 1 saturated carbocycles. The number of aromatic nitrogens is 1. The maximum atomic E-state index is 11.5. The average Bonchev–Trinajstić information content (AvgIpc) is 3.04. The molecule has 1 aliphatic rings. The van der Waals surface area contributed by atoms with E-state index in [-0.39, 0.29) is 5.91 Å². The second-order valence-corrected chi connectivity index (χ2v) is 5.38. The maximum Gasteiger partial charge on any atom is 0.234 e. The van der Waals surface area contributed by atoms with Crippen molar-refractivity contribution < 1.29 is 4.79 Å². The molecule has 2 N–H and O–H groups in total. The van der Waals surface area contributed by atoms with Crippen LogP contribution < -0.4 is 10.6 Å². The van der Waals surface area contributed by atoms with Gasteiger partial charge < -0.3 is 10.6 Å². The van der Waals surface area contributed by atoms with Crippen molar-refractivity contribution >= 4 is 17.2 Å². The molecular formula is C12H19N3OS. The number of hydrogen-bond donors (Lipinski definition) is 2. The Morgan fingerprint density at radius 2 is 2.41 bits per heavy atom. The molecule has 2 rings (SSSR count). The molecule has 0 bridgehead atoms. The lowest BCUT2D eigenvalue weighted by Crippen LogP contribution is -2.34. The van der Waals surface area contributed by atoms with Gasteiger partial charge in [-0.2, -0.15) is 0 Å². The largest absolute Gasteiger partial charge is 0.349 e. The standard InChI is InChI=1S/C12H19N3OS/c1-2-12-15-10(8-17-12)6-14-11(16)7-13-5-9-3-4-9/h8-9,13H,2-7H2,1H3,(H,14,16). The first kappa shape index (κ1) is 12.5. The van der Waals surface area contributed by atoms with E-state index in [4.69, 9.17) is 0 Å². The second kappa shape index (κ2) is 6.12. The van der Waals surface area contributed by atoms with E-state index in [1.807, 2.05) is 5.38 Å². The zero-order chi connectivity index (χ0) is 12.1. The van der Waals surface area contributed by atoms with E-state index in [2.05, 4.69) is 22.5 Å². The summed E-state index contributed by atoms with van der Waals surface area (Å²) in [5.74, 6) is 0.866. The van der Waals surface area contributed by atoms with Crippen LogP contribution in [-0.2, 0) is 17.8 Å². The van der Waals surface area contributed by atoms with Crippen LogP contribution in [0.1, 0.15) is 30.5 Å². The molecule has 1 aromatic rings. The van der Waals surface area contributed by atoms with Gasteiger partial charge in [0.15, 0.2) is 0 Å². The van der Waals surface area contributed by atoms with Crippen molar-refractivity contribution in [3.8, 4) is 0 Å². The Balaban J connectivity index is 1.60. The third-order valence-electron chi connectivity index (χ3n) is 2.78. The van der Waals surface area contributed by atoms with Gasteiger partial charge in [-0.15, -0.1) is 11.3 Å². The van der Waals surface area contributed by atoms with Gasteiger partial charge >= 0.3 is 0 Å². The van der Waals surface area contributed by atoms with Crippen molar-refractivity contribution in [3.05, 3.63) is 16.1 Å². The minimum Gasteiger partial charge on any atom is -0.349 e. The predicted molar refractivity (Wildman–Crippen MR) is 68.9 cm³/mol. The maximum absolute atomic E-state index is 11.5. The van der Waals surface area contributed by atoms with E-state index in [1.165, 1.54) is 12.8 Å². The summed E-state index contributed by atoms with van der Waals surface area (Å²) in [5.41, 5.74) is 0.961. The molecule has 0 spiro atoms. The fraction of sp³-hybridized carbons (Fsp3) is 0.667. The van der Waals surface area contributed by atoms with Crippen LogP contribution in [0.25, 0.3) is 0 Å². The van der Waals surface area contributed by atoms with Crippen molar-refractivity contribution in [2.24, 2.45) is 5.92 Å². The molecule has 0 saturated heterocycles. The van der Waals surface area contributed by atoms with Crippen LogP contribution in [0.2, 0.25) is 0 Å². The zero-order valence-corrected chi connectivity index (χ0v) is 11.0. The third-order valence-corrected chi connectivity index (χ3v) is 3.83. The van der Waals surface area contributed by atoms with Crippen molar-refractivity contribution in [3.63, 3.8) is 0 Å². The number of amides is 1. The number of nitrogens with one attached hydrogen (secondary N) is 2. The smallest absolute Gasteiger partial charge is 0.234 e. The van der Waals surface area contributed by atoms with Crippen LogP contribution >= 0.6 is 11.3 Å². The van der Waals surface area contributed by atoms with E-state index < -0.39 is 0 Å². The van der Waals surface area contributed by atoms with Crippen molar-refractivity contribution in [1.82, 2.24) is 15.6 Å². The van der Waals surface area contributed by atoms with Crippen LogP contribution in [-0.4, -0.2) is 24.0 Å². The van der Waals surface area contributed by atoms with Crippen LogP contribution in [0.4, 0.5) is 0 Å². The first-order valence-corrected chi connectivity index (χ1v) is 7.06. The van der Waals surface area contributed by atoms with Gasteiger partial charge in [0.1, 0.15) is 0 Å². The first-order chi connectivity index (χ1) is 8.28. The summed E-state index contributed by atoms with van der Waals surface area (Å²) >= 11 is 1.65. The van der Waals surface area contributed by atoms with Gasteiger partial charge in [-0.3, -0.25) is 4.79 Å². The summed E-state index contributed by atoms with van der Waals surface area (Å²) in [6.45, 7) is 4.02. The van der Waals surface area contributed by atoms with Crippen molar-refractivity contribution in [2.45, 2.75) is 32.7 Å². The highest BCUT2D eigenvalue weighted by Crippen LogP contribution is 2.27. The molecule has 0 aromatic carbocycles. The van der Waals surface area contributed by atoms with Gasteiger partial charge in [0, 0.05) is 5.38 Å². The Hall–Kier alpha value is -0.940. The predicted octanol–water partition coefficient (Wildman–Crippen LogP) is 1.32. The van der Waals surface area contributed by atoms with Crippen LogP contribution in [0.15, 0.2) is 5.38 Å². The number of nitrogens with zero attached hydrogens (tertiary/aromatic N) is 1. The molecule has 0 radical (unpaired) electrons. The molecule has 4 nitrogen and oxygen atoms in total. The number of carbonyl (C=O) groups is 1. The molecule has 0 atom stereocenters. The lowest BCUT2D eigenvalue weighted by Gasteiger charge is -2.04. The van der Waals surface area contributed by atoms with Crippen molar-refractivity contribution in [2.75, 3.05) is 13.1 Å². The summed E-state index contributed by atoms with van der Waals surface area (Å²) in [4.78, 5) is 15.9.